The van der Waals surface area contributed by atoms with E-state index in [9.17, 15) is 18.8 Å². The van der Waals surface area contributed by atoms with E-state index >= 15 is 0 Å². The molecule has 3 amide bonds. The summed E-state index contributed by atoms with van der Waals surface area (Å²) in [4.78, 5) is 42.3. The number of likely N-dealkylation sites (N-methyl/N-ethyl adjacent to an activating group) is 1. The van der Waals surface area contributed by atoms with Crippen LogP contribution in [0.25, 0.3) is 11.0 Å². The lowest BCUT2D eigenvalue weighted by Gasteiger charge is -2.37. The van der Waals surface area contributed by atoms with Crippen molar-refractivity contribution in [1.82, 2.24) is 15.1 Å². The van der Waals surface area contributed by atoms with Crippen molar-refractivity contribution >= 4 is 40.3 Å². The lowest BCUT2D eigenvalue weighted by Crippen LogP contribution is -2.62. The first kappa shape index (κ1) is 25.3. The number of nitrogens with zero attached hydrogens (tertiary/aromatic N) is 2. The maximum atomic E-state index is 14.4. The Hall–Kier alpha value is -3.79. The molecule has 1 aromatic heterocycles. The van der Waals surface area contributed by atoms with Crippen molar-refractivity contribution in [1.29, 1.82) is 0 Å². The summed E-state index contributed by atoms with van der Waals surface area (Å²) in [6.07, 6.45) is 0. The molecule has 0 unspecified atom stereocenters. The van der Waals surface area contributed by atoms with E-state index in [0.717, 1.165) is 4.90 Å². The van der Waals surface area contributed by atoms with Crippen molar-refractivity contribution in [3.05, 3.63) is 58.6 Å². The van der Waals surface area contributed by atoms with E-state index in [1.54, 1.807) is 24.3 Å². The van der Waals surface area contributed by atoms with Gasteiger partial charge in [-0.05, 0) is 37.3 Å². The van der Waals surface area contributed by atoms with E-state index in [4.69, 9.17) is 25.5 Å². The van der Waals surface area contributed by atoms with Gasteiger partial charge in [-0.15, -0.1) is 0 Å². The number of hydrogen-bond donors (Lipinski definition) is 1. The fraction of sp³-hybridized carbons (Fsp3) is 0.320. The van der Waals surface area contributed by atoms with E-state index in [1.807, 2.05) is 0 Å². The molecule has 4 rings (SSSR count). The zero-order valence-corrected chi connectivity index (χ0v) is 20.9. The molecule has 0 fully saturated rings. The number of carbonyl (C=O) groups excluding carboxylic acids is 3. The van der Waals surface area contributed by atoms with Gasteiger partial charge in [-0.2, -0.15) is 0 Å². The van der Waals surface area contributed by atoms with Crippen LogP contribution < -0.4 is 14.8 Å². The van der Waals surface area contributed by atoms with Gasteiger partial charge in [-0.3, -0.25) is 14.4 Å². The predicted molar refractivity (Wildman–Crippen MR) is 130 cm³/mol. The molecule has 1 N–H and O–H groups in total. The minimum atomic E-state index is -1.65. The van der Waals surface area contributed by atoms with Crippen LogP contribution in [-0.4, -0.2) is 67.4 Å². The number of fused-ring (bicyclic) bond motifs is 3. The molecule has 2 aromatic carbocycles. The minimum absolute atomic E-state index is 0.132. The fourth-order valence-corrected chi connectivity index (χ4v) is 4.11. The van der Waals surface area contributed by atoms with Crippen LogP contribution in [0.3, 0.4) is 0 Å². The summed E-state index contributed by atoms with van der Waals surface area (Å²) in [5.41, 5.74) is -1.13. The summed E-state index contributed by atoms with van der Waals surface area (Å²) in [5.74, 6) is -2.09. The van der Waals surface area contributed by atoms with Crippen LogP contribution in [0.15, 0.2) is 40.8 Å². The molecule has 0 bridgehead atoms. The normalized spacial score (nSPS) is 17.3. The van der Waals surface area contributed by atoms with Crippen molar-refractivity contribution in [2.24, 2.45) is 0 Å². The largest absolute Gasteiger partial charge is 0.496 e. The number of carbonyl (C=O) groups is 3. The second kappa shape index (κ2) is 9.69. The number of nitrogens with one attached hydrogen (secondary N) is 1. The third-order valence-electron chi connectivity index (χ3n) is 6.14. The Balaban J connectivity index is 1.71. The summed E-state index contributed by atoms with van der Waals surface area (Å²) in [7, 11) is 4.47. The standard InChI is InChI=1S/C25H25ClFN3O6/c1-25(24(33)28-11-16-17(27)6-5-7-18(16)34-4)13-35-21-15-10-14(26)8-9-19(15)36-22(21)23(32)30(25)12-20(31)29(2)3/h5-10H,11-13H2,1-4H3,(H,28,33)/t25-/m0/s1. The number of benzene rings is 2. The highest BCUT2D eigenvalue weighted by Crippen LogP contribution is 2.39. The zero-order valence-electron chi connectivity index (χ0n) is 20.2. The van der Waals surface area contributed by atoms with Crippen LogP contribution in [-0.2, 0) is 16.1 Å². The summed E-state index contributed by atoms with van der Waals surface area (Å²) >= 11 is 6.12. The van der Waals surface area contributed by atoms with Crippen molar-refractivity contribution in [2.75, 3.05) is 34.4 Å². The fourth-order valence-electron chi connectivity index (χ4n) is 3.94. The first-order valence-corrected chi connectivity index (χ1v) is 11.4. The average molecular weight is 518 g/mol. The molecule has 0 radical (unpaired) electrons. The van der Waals surface area contributed by atoms with Crippen molar-refractivity contribution < 1.29 is 32.7 Å². The SMILES string of the molecule is COc1cccc(F)c1CNC(=O)[C@]1(C)COc2c(oc3ccc(Cl)cc23)C(=O)N1CC(=O)N(C)C. The highest BCUT2D eigenvalue weighted by Gasteiger charge is 2.48. The number of ether oxygens (including phenoxy) is 2. The van der Waals surface area contributed by atoms with E-state index < -0.39 is 35.6 Å². The van der Waals surface area contributed by atoms with E-state index in [1.165, 1.54) is 45.2 Å². The van der Waals surface area contributed by atoms with Crippen molar-refractivity contribution in [3.8, 4) is 11.5 Å². The molecular formula is C25H25ClFN3O6. The molecule has 11 heteroatoms. The average Bonchev–Trinajstić information content (AvgIpc) is 3.16. The summed E-state index contributed by atoms with van der Waals surface area (Å²) in [6.45, 7) is 0.548. The second-order valence-electron chi connectivity index (χ2n) is 8.75. The Morgan fingerprint density at radius 1 is 1.28 bits per heavy atom. The Bertz CT molecular complexity index is 1360. The van der Waals surface area contributed by atoms with E-state index in [2.05, 4.69) is 5.32 Å². The third-order valence-corrected chi connectivity index (χ3v) is 6.38. The Kier molecular flexibility index (Phi) is 6.81. The van der Waals surface area contributed by atoms with Crippen LogP contribution >= 0.6 is 11.6 Å². The van der Waals surface area contributed by atoms with Gasteiger partial charge >= 0.3 is 0 Å². The second-order valence-corrected chi connectivity index (χ2v) is 9.18. The van der Waals surface area contributed by atoms with Crippen molar-refractivity contribution in [2.45, 2.75) is 19.0 Å². The van der Waals surface area contributed by atoms with E-state index in [0.29, 0.717) is 16.0 Å². The molecule has 0 spiro atoms. The maximum absolute atomic E-state index is 14.4. The van der Waals surface area contributed by atoms with Crippen LogP contribution in [0.4, 0.5) is 4.39 Å². The van der Waals surface area contributed by atoms with Crippen LogP contribution in [0.2, 0.25) is 5.02 Å². The van der Waals surface area contributed by atoms with Gasteiger partial charge in [0.2, 0.25) is 17.6 Å². The van der Waals surface area contributed by atoms with Gasteiger partial charge < -0.3 is 29.0 Å². The molecule has 0 saturated carbocycles. The quantitative estimate of drug-likeness (QED) is 0.539. The Morgan fingerprint density at radius 3 is 2.72 bits per heavy atom. The maximum Gasteiger partial charge on any atom is 0.295 e. The van der Waals surface area contributed by atoms with Gasteiger partial charge in [0.1, 0.15) is 30.3 Å². The zero-order chi connectivity index (χ0) is 26.2. The van der Waals surface area contributed by atoms with E-state index in [-0.39, 0.29) is 36.0 Å². The van der Waals surface area contributed by atoms with Gasteiger partial charge in [-0.25, -0.2) is 4.39 Å². The molecule has 2 heterocycles. The molecule has 0 aliphatic carbocycles. The molecule has 0 saturated heterocycles. The number of methoxy groups -OCH3 is 1. The lowest BCUT2D eigenvalue weighted by molar-refractivity contribution is -0.137. The van der Waals surface area contributed by atoms with Crippen molar-refractivity contribution in [3.63, 3.8) is 0 Å². The molecule has 190 valence electrons. The molecule has 36 heavy (non-hydrogen) atoms. The van der Waals surface area contributed by atoms with Gasteiger partial charge in [0.15, 0.2) is 11.3 Å². The third kappa shape index (κ3) is 4.44. The number of rotatable bonds is 6. The minimum Gasteiger partial charge on any atom is -0.496 e. The monoisotopic (exact) mass is 517 g/mol. The van der Waals surface area contributed by atoms with Crippen LogP contribution in [0.1, 0.15) is 23.0 Å². The highest BCUT2D eigenvalue weighted by molar-refractivity contribution is 6.31. The van der Waals surface area contributed by atoms with Crippen LogP contribution in [0.5, 0.6) is 11.5 Å². The molecule has 1 aliphatic rings. The number of furan rings is 1. The first-order chi connectivity index (χ1) is 17.1. The van der Waals surface area contributed by atoms with Gasteiger partial charge in [0, 0.05) is 31.2 Å². The Morgan fingerprint density at radius 2 is 2.03 bits per heavy atom. The van der Waals surface area contributed by atoms with Gasteiger partial charge in [-0.1, -0.05) is 17.7 Å². The smallest absolute Gasteiger partial charge is 0.295 e. The van der Waals surface area contributed by atoms with Crippen LogP contribution in [0, 0.1) is 5.82 Å². The molecule has 3 aromatic rings. The lowest BCUT2D eigenvalue weighted by atomic mass is 9.98. The Labute approximate surface area is 211 Å². The summed E-state index contributed by atoms with van der Waals surface area (Å²) < 4.78 is 31.3. The predicted octanol–water partition coefficient (Wildman–Crippen LogP) is 3.23. The number of hydrogen-bond acceptors (Lipinski definition) is 6. The molecule has 9 nitrogen and oxygen atoms in total. The first-order valence-electron chi connectivity index (χ1n) is 11.0. The summed E-state index contributed by atoms with van der Waals surface area (Å²) in [5, 5.41) is 3.53. The molecule has 1 aliphatic heterocycles. The van der Waals surface area contributed by atoms with Gasteiger partial charge in [0.05, 0.1) is 12.5 Å². The van der Waals surface area contributed by atoms with Gasteiger partial charge in [0.25, 0.3) is 5.91 Å². The summed E-state index contributed by atoms with van der Waals surface area (Å²) in [6, 6.07) is 9.12. The molecular weight excluding hydrogens is 493 g/mol. The topological polar surface area (TPSA) is 101 Å². The number of halogens is 2. The number of amides is 3. The highest BCUT2D eigenvalue weighted by atomic mass is 35.5. The molecule has 1 atom stereocenters.